The minimum atomic E-state index is -1.61. The number of fused-ring (bicyclic) bond motifs is 1. The molecule has 1 aliphatic carbocycles. The Morgan fingerprint density at radius 1 is 1.24 bits per heavy atom. The Morgan fingerprint density at radius 3 is 2.61 bits per heavy atom. The van der Waals surface area contributed by atoms with Gasteiger partial charge in [-0.1, -0.05) is 11.6 Å². The largest absolute Gasteiger partial charge is 0.477 e. The number of pyridine rings is 1. The number of nitrogens with zero attached hydrogens (tertiary/aromatic N) is 2. The van der Waals surface area contributed by atoms with Crippen molar-refractivity contribution in [3.63, 3.8) is 0 Å². The number of anilines is 2. The second-order valence-electron chi connectivity index (χ2n) is 8.39. The number of hydrogen-bond acceptors (Lipinski definition) is 5. The lowest BCUT2D eigenvalue weighted by Gasteiger charge is -2.36. The zero-order valence-corrected chi connectivity index (χ0v) is 17.8. The molecule has 11 heteroatoms. The summed E-state index contributed by atoms with van der Waals surface area (Å²) in [6.07, 6.45) is 2.72. The molecule has 2 aromatic carbocycles. The third-order valence-electron chi connectivity index (χ3n) is 6.28. The highest BCUT2D eigenvalue weighted by atomic mass is 35.5. The van der Waals surface area contributed by atoms with E-state index in [0.29, 0.717) is 25.7 Å². The van der Waals surface area contributed by atoms with Gasteiger partial charge in [0.25, 0.3) is 0 Å². The number of nitrogens with one attached hydrogen (secondary N) is 1. The van der Waals surface area contributed by atoms with Crippen LogP contribution in [-0.4, -0.2) is 40.8 Å². The third-order valence-corrected chi connectivity index (χ3v) is 6.64. The first-order valence-electron chi connectivity index (χ1n) is 10.2. The molecule has 1 saturated heterocycles. The lowest BCUT2D eigenvalue weighted by molar-refractivity contribution is 0.0695. The van der Waals surface area contributed by atoms with Gasteiger partial charge in [-0.05, 0) is 25.0 Å². The first-order valence-corrected chi connectivity index (χ1v) is 10.6. The first kappa shape index (κ1) is 21.6. The highest BCUT2D eigenvalue weighted by Crippen LogP contribution is 2.44. The van der Waals surface area contributed by atoms with Crippen molar-refractivity contribution in [2.24, 2.45) is 0 Å². The van der Waals surface area contributed by atoms with E-state index in [1.54, 1.807) is 4.90 Å². The minimum Gasteiger partial charge on any atom is -0.477 e. The summed E-state index contributed by atoms with van der Waals surface area (Å²) >= 11 is 6.65. The van der Waals surface area contributed by atoms with E-state index in [9.17, 15) is 23.5 Å². The molecule has 0 unspecified atom stereocenters. The molecular formula is C22H18ClF3N4O3. The molecule has 1 aliphatic heterocycles. The first-order chi connectivity index (χ1) is 15.6. The molecule has 33 heavy (non-hydrogen) atoms. The monoisotopic (exact) mass is 478 g/mol. The topological polar surface area (TPSA) is 101 Å². The Kier molecular flexibility index (Phi) is 4.84. The van der Waals surface area contributed by atoms with Crippen LogP contribution in [0.2, 0.25) is 5.02 Å². The summed E-state index contributed by atoms with van der Waals surface area (Å²) in [5, 5.41) is 12.2. The van der Waals surface area contributed by atoms with E-state index in [-0.39, 0.29) is 27.5 Å². The van der Waals surface area contributed by atoms with Gasteiger partial charge in [0, 0.05) is 37.4 Å². The zero-order valence-electron chi connectivity index (χ0n) is 17.1. The average molecular weight is 479 g/mol. The van der Waals surface area contributed by atoms with Gasteiger partial charge < -0.3 is 25.6 Å². The fourth-order valence-corrected chi connectivity index (χ4v) is 4.84. The number of aromatic carboxylic acids is 1. The van der Waals surface area contributed by atoms with Gasteiger partial charge in [-0.25, -0.2) is 18.0 Å². The second kappa shape index (κ2) is 7.39. The van der Waals surface area contributed by atoms with E-state index in [2.05, 4.69) is 5.32 Å². The molecular weight excluding hydrogens is 461 g/mol. The van der Waals surface area contributed by atoms with Gasteiger partial charge in [-0.15, -0.1) is 0 Å². The second-order valence-corrected chi connectivity index (χ2v) is 8.76. The maximum absolute atomic E-state index is 15.5. The third kappa shape index (κ3) is 3.32. The molecule has 0 bridgehead atoms. The molecule has 1 spiro atoms. The summed E-state index contributed by atoms with van der Waals surface area (Å²) in [6.45, 7) is 1.44. The van der Waals surface area contributed by atoms with Crippen molar-refractivity contribution in [1.82, 2.24) is 9.88 Å². The fourth-order valence-electron chi connectivity index (χ4n) is 4.46. The highest BCUT2D eigenvalue weighted by molar-refractivity contribution is 6.38. The molecule has 2 aliphatic rings. The van der Waals surface area contributed by atoms with Crippen molar-refractivity contribution < 1.29 is 23.1 Å². The number of carbonyl (C=O) groups is 1. The van der Waals surface area contributed by atoms with Crippen LogP contribution in [0, 0.1) is 17.5 Å². The highest BCUT2D eigenvalue weighted by Gasteiger charge is 2.46. The van der Waals surface area contributed by atoms with E-state index in [0.717, 1.165) is 35.7 Å². The van der Waals surface area contributed by atoms with Crippen molar-refractivity contribution in [1.29, 1.82) is 0 Å². The van der Waals surface area contributed by atoms with Crippen LogP contribution in [0.25, 0.3) is 16.6 Å². The molecule has 7 nitrogen and oxygen atoms in total. The smallest absolute Gasteiger partial charge is 0.341 e. The van der Waals surface area contributed by atoms with Crippen molar-refractivity contribution in [3.8, 4) is 5.69 Å². The molecule has 2 heterocycles. The average Bonchev–Trinajstić information content (AvgIpc) is 3.50. The molecule has 172 valence electrons. The summed E-state index contributed by atoms with van der Waals surface area (Å²) in [6, 6.07) is 2.64. The molecule has 0 radical (unpaired) electrons. The number of halogens is 4. The minimum absolute atomic E-state index is 0.0480. The number of carboxylic acids is 1. The van der Waals surface area contributed by atoms with Gasteiger partial charge in [0.05, 0.1) is 33.0 Å². The summed E-state index contributed by atoms with van der Waals surface area (Å²) in [4.78, 5) is 26.4. The van der Waals surface area contributed by atoms with Crippen LogP contribution in [-0.2, 0) is 0 Å². The predicted octanol–water partition coefficient (Wildman–Crippen LogP) is 3.28. The van der Waals surface area contributed by atoms with Crippen molar-refractivity contribution in [2.45, 2.75) is 18.4 Å². The van der Waals surface area contributed by atoms with Crippen LogP contribution < -0.4 is 21.4 Å². The summed E-state index contributed by atoms with van der Waals surface area (Å²) in [7, 11) is 0. The molecule has 0 atom stereocenters. The number of nitrogen functional groups attached to an aromatic ring is 1. The number of piperazine rings is 1. The van der Waals surface area contributed by atoms with Crippen LogP contribution in [0.15, 0.2) is 29.2 Å². The van der Waals surface area contributed by atoms with Crippen LogP contribution in [0.5, 0.6) is 0 Å². The van der Waals surface area contributed by atoms with Gasteiger partial charge in [0.1, 0.15) is 17.2 Å². The van der Waals surface area contributed by atoms with E-state index in [1.807, 2.05) is 0 Å². The Labute approximate surface area is 190 Å². The van der Waals surface area contributed by atoms with Crippen LogP contribution in [0.4, 0.5) is 24.5 Å². The zero-order chi connectivity index (χ0) is 23.7. The van der Waals surface area contributed by atoms with E-state index >= 15 is 4.39 Å². The standard InChI is InChI=1S/C22H18ClF3N4O3/c23-15-18-14(17(27)16(26)19(15)29-6-5-28-22(9-29)3-4-22)20(31)11(21(32)33)8-30(18)13-2-1-10(24)7-12(13)25/h1-2,7-8,28H,3-6,9,27H2,(H,32,33). The van der Waals surface area contributed by atoms with Crippen LogP contribution in [0.3, 0.4) is 0 Å². The summed E-state index contributed by atoms with van der Waals surface area (Å²) in [5.41, 5.74) is 2.99. The Hall–Kier alpha value is -3.24. The number of carboxylic acid groups (broad SMARTS) is 1. The van der Waals surface area contributed by atoms with Gasteiger partial charge in [-0.3, -0.25) is 4.79 Å². The molecule has 4 N–H and O–H groups in total. The molecule has 5 rings (SSSR count). The number of benzene rings is 2. The summed E-state index contributed by atoms with van der Waals surface area (Å²) in [5.74, 6) is -4.45. The van der Waals surface area contributed by atoms with Gasteiger partial charge in [0.15, 0.2) is 5.82 Å². The lowest BCUT2D eigenvalue weighted by atomic mass is 10.0. The molecule has 0 amide bonds. The SMILES string of the molecule is Nc1c(F)c(N2CCNC3(CC3)C2)c(Cl)c2c1c(=O)c(C(=O)O)cn2-c1ccc(F)cc1F. The predicted molar refractivity (Wildman–Crippen MR) is 118 cm³/mol. The molecule has 1 saturated carbocycles. The lowest BCUT2D eigenvalue weighted by Crippen LogP contribution is -2.53. The van der Waals surface area contributed by atoms with Crippen LogP contribution in [0.1, 0.15) is 23.2 Å². The maximum Gasteiger partial charge on any atom is 0.341 e. The van der Waals surface area contributed by atoms with Gasteiger partial charge in [0.2, 0.25) is 5.43 Å². The quantitative estimate of drug-likeness (QED) is 0.499. The molecule has 1 aromatic heterocycles. The maximum atomic E-state index is 15.5. The van der Waals surface area contributed by atoms with Gasteiger partial charge >= 0.3 is 5.97 Å². The Bertz CT molecular complexity index is 1400. The van der Waals surface area contributed by atoms with E-state index in [1.165, 1.54) is 0 Å². The summed E-state index contributed by atoms with van der Waals surface area (Å²) < 4.78 is 44.8. The van der Waals surface area contributed by atoms with E-state index < -0.39 is 45.5 Å². The van der Waals surface area contributed by atoms with Crippen LogP contribution >= 0.6 is 11.6 Å². The number of hydrogen-bond donors (Lipinski definition) is 3. The fraction of sp³-hybridized carbons (Fsp3) is 0.273. The molecule has 2 fully saturated rings. The Morgan fingerprint density at radius 2 is 1.97 bits per heavy atom. The number of aromatic nitrogens is 1. The normalized spacial score (nSPS) is 17.0. The number of nitrogens with two attached hydrogens (primary N) is 1. The number of rotatable bonds is 3. The van der Waals surface area contributed by atoms with Gasteiger partial charge in [-0.2, -0.15) is 0 Å². The molecule has 3 aromatic rings. The van der Waals surface area contributed by atoms with Crippen molar-refractivity contribution in [3.05, 3.63) is 62.7 Å². The van der Waals surface area contributed by atoms with E-state index in [4.69, 9.17) is 17.3 Å². The van der Waals surface area contributed by atoms with Crippen molar-refractivity contribution in [2.75, 3.05) is 30.3 Å². The van der Waals surface area contributed by atoms with Crippen molar-refractivity contribution >= 4 is 39.8 Å². The Balaban J connectivity index is 1.87.